The molecule has 106 valence electrons. The van der Waals surface area contributed by atoms with Gasteiger partial charge in [-0.3, -0.25) is 0 Å². The SMILES string of the molecule is COc1ccc(C(O)c2cc(F)c(Cl)cc2F)cc1F. The van der Waals surface area contributed by atoms with Crippen LogP contribution in [0.2, 0.25) is 5.02 Å². The fourth-order valence-electron chi connectivity index (χ4n) is 1.78. The fourth-order valence-corrected chi connectivity index (χ4v) is 1.93. The van der Waals surface area contributed by atoms with Crippen LogP contribution in [0.3, 0.4) is 0 Å². The van der Waals surface area contributed by atoms with Gasteiger partial charge in [0.2, 0.25) is 0 Å². The maximum atomic E-state index is 13.7. The van der Waals surface area contributed by atoms with Crippen molar-refractivity contribution >= 4 is 11.6 Å². The monoisotopic (exact) mass is 302 g/mol. The summed E-state index contributed by atoms with van der Waals surface area (Å²) in [5.74, 6) is -2.46. The van der Waals surface area contributed by atoms with Gasteiger partial charge in [0.1, 0.15) is 17.7 Å². The molecular weight excluding hydrogens is 293 g/mol. The van der Waals surface area contributed by atoms with Crippen LogP contribution >= 0.6 is 11.6 Å². The second kappa shape index (κ2) is 5.73. The first-order chi connectivity index (χ1) is 9.43. The van der Waals surface area contributed by atoms with Crippen LogP contribution < -0.4 is 4.74 Å². The number of aliphatic hydroxyl groups excluding tert-OH is 1. The van der Waals surface area contributed by atoms with Crippen LogP contribution in [0.4, 0.5) is 13.2 Å². The third kappa shape index (κ3) is 2.73. The molecule has 2 nitrogen and oxygen atoms in total. The Bertz CT molecular complexity index is 647. The van der Waals surface area contributed by atoms with Crippen molar-refractivity contribution in [2.24, 2.45) is 0 Å². The first-order valence-corrected chi connectivity index (χ1v) is 5.97. The van der Waals surface area contributed by atoms with Gasteiger partial charge in [-0.25, -0.2) is 13.2 Å². The van der Waals surface area contributed by atoms with Crippen molar-refractivity contribution in [1.29, 1.82) is 0 Å². The van der Waals surface area contributed by atoms with Crippen LogP contribution in [-0.2, 0) is 0 Å². The van der Waals surface area contributed by atoms with E-state index in [1.54, 1.807) is 0 Å². The predicted octanol–water partition coefficient (Wildman–Crippen LogP) is 3.85. The summed E-state index contributed by atoms with van der Waals surface area (Å²) in [4.78, 5) is 0. The van der Waals surface area contributed by atoms with Gasteiger partial charge in [-0.2, -0.15) is 0 Å². The molecule has 20 heavy (non-hydrogen) atoms. The van der Waals surface area contributed by atoms with E-state index in [1.807, 2.05) is 0 Å². The molecule has 0 saturated heterocycles. The molecule has 0 fully saturated rings. The van der Waals surface area contributed by atoms with E-state index in [9.17, 15) is 18.3 Å². The Balaban J connectivity index is 2.43. The average molecular weight is 303 g/mol. The van der Waals surface area contributed by atoms with E-state index in [1.165, 1.54) is 19.2 Å². The normalized spacial score (nSPS) is 12.3. The molecule has 2 aromatic rings. The first kappa shape index (κ1) is 14.7. The zero-order valence-electron chi connectivity index (χ0n) is 10.3. The topological polar surface area (TPSA) is 29.5 Å². The van der Waals surface area contributed by atoms with Crippen LogP contribution in [0.1, 0.15) is 17.2 Å². The minimum Gasteiger partial charge on any atom is -0.494 e. The largest absolute Gasteiger partial charge is 0.494 e. The molecule has 0 radical (unpaired) electrons. The Morgan fingerprint density at radius 2 is 1.75 bits per heavy atom. The Hall–Kier alpha value is -1.72. The second-order valence-corrected chi connectivity index (χ2v) is 4.49. The fraction of sp³-hybridized carbons (Fsp3) is 0.143. The highest BCUT2D eigenvalue weighted by Gasteiger charge is 2.19. The van der Waals surface area contributed by atoms with Crippen LogP contribution in [0, 0.1) is 17.5 Å². The average Bonchev–Trinajstić information content (AvgIpc) is 2.42. The number of aliphatic hydroxyl groups is 1. The van der Waals surface area contributed by atoms with E-state index in [0.29, 0.717) is 0 Å². The Morgan fingerprint density at radius 1 is 1.05 bits per heavy atom. The summed E-state index contributed by atoms with van der Waals surface area (Å²) < 4.78 is 45.3. The third-order valence-corrected chi connectivity index (χ3v) is 3.12. The molecule has 0 aliphatic rings. The van der Waals surface area contributed by atoms with Crippen molar-refractivity contribution < 1.29 is 23.0 Å². The van der Waals surface area contributed by atoms with Crippen molar-refractivity contribution in [2.75, 3.05) is 7.11 Å². The minimum absolute atomic E-state index is 0.0105. The summed E-state index contributed by atoms with van der Waals surface area (Å²) >= 11 is 5.43. The molecule has 6 heteroatoms. The standard InChI is InChI=1S/C14H10ClF3O2/c1-20-13-3-2-7(4-12(13)18)14(19)8-5-11(17)9(15)6-10(8)16/h2-6,14,19H,1H3. The third-order valence-electron chi connectivity index (χ3n) is 2.83. The highest BCUT2D eigenvalue weighted by atomic mass is 35.5. The Morgan fingerprint density at radius 3 is 2.35 bits per heavy atom. The van der Waals surface area contributed by atoms with E-state index in [4.69, 9.17) is 16.3 Å². The van der Waals surface area contributed by atoms with Crippen LogP contribution in [0.5, 0.6) is 5.75 Å². The Kier molecular flexibility index (Phi) is 4.20. The highest BCUT2D eigenvalue weighted by Crippen LogP contribution is 2.30. The predicted molar refractivity (Wildman–Crippen MR) is 68.4 cm³/mol. The zero-order valence-corrected chi connectivity index (χ0v) is 11.1. The van der Waals surface area contributed by atoms with Crippen molar-refractivity contribution in [2.45, 2.75) is 6.10 Å². The van der Waals surface area contributed by atoms with Crippen molar-refractivity contribution in [1.82, 2.24) is 0 Å². The highest BCUT2D eigenvalue weighted by molar-refractivity contribution is 6.30. The number of rotatable bonds is 3. The number of methoxy groups -OCH3 is 1. The van der Waals surface area contributed by atoms with Crippen LogP contribution in [-0.4, -0.2) is 12.2 Å². The summed E-state index contributed by atoms with van der Waals surface area (Å²) in [6.07, 6.45) is -1.51. The molecule has 0 bridgehead atoms. The van der Waals surface area contributed by atoms with E-state index < -0.39 is 23.6 Å². The summed E-state index contributed by atoms with van der Waals surface area (Å²) in [7, 11) is 1.29. The molecule has 2 aromatic carbocycles. The summed E-state index contributed by atoms with van der Waals surface area (Å²) in [6, 6.07) is 5.19. The molecular formula is C14H10ClF3O2. The van der Waals surface area contributed by atoms with Gasteiger partial charge >= 0.3 is 0 Å². The lowest BCUT2D eigenvalue weighted by molar-refractivity contribution is 0.213. The van der Waals surface area contributed by atoms with E-state index in [2.05, 4.69) is 0 Å². The molecule has 1 unspecified atom stereocenters. The van der Waals surface area contributed by atoms with Crippen LogP contribution in [0.25, 0.3) is 0 Å². The molecule has 0 saturated carbocycles. The lowest BCUT2D eigenvalue weighted by Gasteiger charge is -2.14. The molecule has 0 aromatic heterocycles. The zero-order chi connectivity index (χ0) is 14.9. The summed E-state index contributed by atoms with van der Waals surface area (Å²) in [5, 5.41) is 9.63. The number of halogens is 4. The molecule has 2 rings (SSSR count). The van der Waals surface area contributed by atoms with Crippen molar-refractivity contribution in [3.05, 3.63) is 63.9 Å². The van der Waals surface area contributed by atoms with Gasteiger partial charge in [0, 0.05) is 5.56 Å². The smallest absolute Gasteiger partial charge is 0.165 e. The number of ether oxygens (including phenoxy) is 1. The molecule has 0 spiro atoms. The summed E-state index contributed by atoms with van der Waals surface area (Å²) in [5.41, 5.74) is -0.250. The lowest BCUT2D eigenvalue weighted by atomic mass is 10.0. The van der Waals surface area contributed by atoms with E-state index >= 15 is 0 Å². The van der Waals surface area contributed by atoms with E-state index in [-0.39, 0.29) is 21.9 Å². The van der Waals surface area contributed by atoms with Crippen LogP contribution in [0.15, 0.2) is 30.3 Å². The first-order valence-electron chi connectivity index (χ1n) is 5.60. The number of hydrogen-bond acceptors (Lipinski definition) is 2. The van der Waals surface area contributed by atoms with Gasteiger partial charge in [-0.1, -0.05) is 17.7 Å². The summed E-state index contributed by atoms with van der Waals surface area (Å²) in [6.45, 7) is 0. The quantitative estimate of drug-likeness (QED) is 0.873. The van der Waals surface area contributed by atoms with Crippen molar-refractivity contribution in [3.63, 3.8) is 0 Å². The maximum Gasteiger partial charge on any atom is 0.165 e. The van der Waals surface area contributed by atoms with Gasteiger partial charge in [-0.15, -0.1) is 0 Å². The van der Waals surface area contributed by atoms with Gasteiger partial charge in [0.15, 0.2) is 11.6 Å². The van der Waals surface area contributed by atoms with Crippen molar-refractivity contribution in [3.8, 4) is 5.75 Å². The molecule has 1 atom stereocenters. The number of hydrogen-bond donors (Lipinski definition) is 1. The van der Waals surface area contributed by atoms with Gasteiger partial charge in [0.25, 0.3) is 0 Å². The van der Waals surface area contributed by atoms with Gasteiger partial charge < -0.3 is 9.84 Å². The maximum absolute atomic E-state index is 13.7. The second-order valence-electron chi connectivity index (χ2n) is 4.08. The molecule has 0 heterocycles. The minimum atomic E-state index is -1.51. The Labute approximate surface area is 118 Å². The molecule has 0 aliphatic carbocycles. The van der Waals surface area contributed by atoms with Gasteiger partial charge in [0.05, 0.1) is 12.1 Å². The molecule has 0 aliphatic heterocycles. The van der Waals surface area contributed by atoms with Gasteiger partial charge in [-0.05, 0) is 29.8 Å². The van der Waals surface area contributed by atoms with E-state index in [0.717, 1.165) is 18.2 Å². The number of benzene rings is 2. The molecule has 1 N–H and O–H groups in total. The molecule has 0 amide bonds. The lowest BCUT2D eigenvalue weighted by Crippen LogP contribution is -2.04.